The number of aldehydes is 1. The SMILES string of the molecule is COc1ccc(-c2c[nH]c3cc(C=O)cnc23)cc1. The monoisotopic (exact) mass is 252 g/mol. The number of pyridine rings is 1. The molecular weight excluding hydrogens is 240 g/mol. The second kappa shape index (κ2) is 4.57. The number of carbonyl (C=O) groups excluding carboxylic acids is 1. The lowest BCUT2D eigenvalue weighted by Crippen LogP contribution is -1.85. The third kappa shape index (κ3) is 1.97. The van der Waals surface area contributed by atoms with Gasteiger partial charge in [0.1, 0.15) is 5.75 Å². The minimum atomic E-state index is 0.565. The molecule has 3 aromatic rings. The van der Waals surface area contributed by atoms with Gasteiger partial charge in [0, 0.05) is 23.5 Å². The highest BCUT2D eigenvalue weighted by Crippen LogP contribution is 2.28. The summed E-state index contributed by atoms with van der Waals surface area (Å²) in [4.78, 5) is 18.2. The van der Waals surface area contributed by atoms with Crippen LogP contribution in [0.5, 0.6) is 5.75 Å². The van der Waals surface area contributed by atoms with Crippen LogP contribution in [0.4, 0.5) is 0 Å². The number of aromatic nitrogens is 2. The van der Waals surface area contributed by atoms with Crippen LogP contribution >= 0.6 is 0 Å². The number of fused-ring (bicyclic) bond motifs is 1. The second-order valence-electron chi connectivity index (χ2n) is 4.21. The van der Waals surface area contributed by atoms with Crippen molar-refractivity contribution in [2.24, 2.45) is 0 Å². The van der Waals surface area contributed by atoms with E-state index in [9.17, 15) is 4.79 Å². The summed E-state index contributed by atoms with van der Waals surface area (Å²) in [5.74, 6) is 0.819. The van der Waals surface area contributed by atoms with Crippen LogP contribution in [0.25, 0.3) is 22.2 Å². The molecule has 1 aromatic carbocycles. The average molecular weight is 252 g/mol. The number of rotatable bonds is 3. The Kier molecular flexibility index (Phi) is 2.76. The Hall–Kier alpha value is -2.62. The summed E-state index contributed by atoms with van der Waals surface area (Å²) in [6.45, 7) is 0. The topological polar surface area (TPSA) is 55.0 Å². The van der Waals surface area contributed by atoms with Crippen molar-refractivity contribution in [1.82, 2.24) is 9.97 Å². The lowest BCUT2D eigenvalue weighted by Gasteiger charge is -2.02. The zero-order chi connectivity index (χ0) is 13.2. The van der Waals surface area contributed by atoms with Crippen molar-refractivity contribution in [3.63, 3.8) is 0 Å². The molecule has 2 heterocycles. The number of nitrogens with one attached hydrogen (secondary N) is 1. The molecule has 0 bridgehead atoms. The number of methoxy groups -OCH3 is 1. The number of hydrogen-bond donors (Lipinski definition) is 1. The van der Waals surface area contributed by atoms with Crippen LogP contribution in [0.2, 0.25) is 0 Å². The summed E-state index contributed by atoms with van der Waals surface area (Å²) in [6, 6.07) is 9.58. The molecule has 0 amide bonds. The van der Waals surface area contributed by atoms with Gasteiger partial charge in [-0.1, -0.05) is 12.1 Å². The smallest absolute Gasteiger partial charge is 0.151 e. The van der Waals surface area contributed by atoms with Crippen LogP contribution < -0.4 is 4.74 Å². The van der Waals surface area contributed by atoms with Gasteiger partial charge in [-0.15, -0.1) is 0 Å². The predicted octanol–water partition coefficient (Wildman–Crippen LogP) is 3.05. The third-order valence-corrected chi connectivity index (χ3v) is 3.07. The normalized spacial score (nSPS) is 10.6. The van der Waals surface area contributed by atoms with Gasteiger partial charge < -0.3 is 9.72 Å². The van der Waals surface area contributed by atoms with Crippen molar-refractivity contribution in [2.45, 2.75) is 0 Å². The summed E-state index contributed by atoms with van der Waals surface area (Å²) in [6.07, 6.45) is 4.27. The molecule has 0 fully saturated rings. The average Bonchev–Trinajstić information content (AvgIpc) is 2.90. The zero-order valence-corrected chi connectivity index (χ0v) is 10.4. The second-order valence-corrected chi connectivity index (χ2v) is 4.21. The maximum atomic E-state index is 10.7. The Balaban J connectivity index is 2.11. The van der Waals surface area contributed by atoms with Crippen molar-refractivity contribution in [2.75, 3.05) is 7.11 Å². The molecule has 0 saturated carbocycles. The molecule has 4 nitrogen and oxygen atoms in total. The highest BCUT2D eigenvalue weighted by atomic mass is 16.5. The van der Waals surface area contributed by atoms with Crippen LogP contribution in [0.1, 0.15) is 10.4 Å². The van der Waals surface area contributed by atoms with Crippen molar-refractivity contribution >= 4 is 17.3 Å². The van der Waals surface area contributed by atoms with Crippen molar-refractivity contribution in [1.29, 1.82) is 0 Å². The van der Waals surface area contributed by atoms with Crippen molar-refractivity contribution in [3.05, 3.63) is 48.3 Å². The van der Waals surface area contributed by atoms with Gasteiger partial charge in [0.15, 0.2) is 6.29 Å². The molecule has 0 aliphatic carbocycles. The minimum Gasteiger partial charge on any atom is -0.497 e. The van der Waals surface area contributed by atoms with Gasteiger partial charge in [0.2, 0.25) is 0 Å². The largest absolute Gasteiger partial charge is 0.497 e. The summed E-state index contributed by atoms with van der Waals surface area (Å²) in [5, 5.41) is 0. The van der Waals surface area contributed by atoms with Crippen LogP contribution in [0.3, 0.4) is 0 Å². The first-order valence-electron chi connectivity index (χ1n) is 5.88. The molecular formula is C15H12N2O2. The molecule has 3 rings (SSSR count). The van der Waals surface area contributed by atoms with E-state index in [2.05, 4.69) is 9.97 Å². The molecule has 0 atom stereocenters. The van der Waals surface area contributed by atoms with E-state index in [-0.39, 0.29) is 0 Å². The number of hydrogen-bond acceptors (Lipinski definition) is 3. The predicted molar refractivity (Wildman–Crippen MR) is 73.5 cm³/mol. The maximum absolute atomic E-state index is 10.7. The quantitative estimate of drug-likeness (QED) is 0.729. The van der Waals surface area contributed by atoms with Gasteiger partial charge >= 0.3 is 0 Å². The Bertz CT molecular complexity index is 729. The molecule has 4 heteroatoms. The van der Waals surface area contributed by atoms with E-state index in [4.69, 9.17) is 4.74 Å². The third-order valence-electron chi connectivity index (χ3n) is 3.07. The Morgan fingerprint density at radius 3 is 2.74 bits per heavy atom. The lowest BCUT2D eigenvalue weighted by atomic mass is 10.1. The van der Waals surface area contributed by atoms with Gasteiger partial charge in [-0.05, 0) is 23.8 Å². The lowest BCUT2D eigenvalue weighted by molar-refractivity contribution is 0.112. The first kappa shape index (κ1) is 11.5. The molecule has 2 aromatic heterocycles. The first-order chi connectivity index (χ1) is 9.31. The van der Waals surface area contributed by atoms with Crippen molar-refractivity contribution in [3.8, 4) is 16.9 Å². The fourth-order valence-corrected chi connectivity index (χ4v) is 2.08. The molecule has 94 valence electrons. The van der Waals surface area contributed by atoms with E-state index in [1.807, 2.05) is 30.5 Å². The summed E-state index contributed by atoms with van der Waals surface area (Å²) < 4.78 is 5.14. The Morgan fingerprint density at radius 1 is 1.26 bits per heavy atom. The fourth-order valence-electron chi connectivity index (χ4n) is 2.08. The van der Waals surface area contributed by atoms with Gasteiger partial charge in [-0.25, -0.2) is 0 Å². The van der Waals surface area contributed by atoms with Gasteiger partial charge in [0.25, 0.3) is 0 Å². The number of benzene rings is 1. The maximum Gasteiger partial charge on any atom is 0.151 e. The van der Waals surface area contributed by atoms with E-state index in [0.29, 0.717) is 5.56 Å². The number of aromatic amines is 1. The number of nitrogens with zero attached hydrogens (tertiary/aromatic N) is 1. The van der Waals surface area contributed by atoms with Gasteiger partial charge in [0.05, 0.1) is 18.1 Å². The van der Waals surface area contributed by atoms with Crippen molar-refractivity contribution < 1.29 is 9.53 Å². The molecule has 0 aliphatic heterocycles. The molecule has 0 radical (unpaired) electrons. The van der Waals surface area contributed by atoms with Crippen LogP contribution in [0.15, 0.2) is 42.7 Å². The summed E-state index contributed by atoms with van der Waals surface area (Å²) in [5.41, 5.74) is 4.34. The number of ether oxygens (including phenoxy) is 1. The Labute approximate surface area is 110 Å². The molecule has 19 heavy (non-hydrogen) atoms. The highest BCUT2D eigenvalue weighted by Gasteiger charge is 2.08. The first-order valence-corrected chi connectivity index (χ1v) is 5.88. The van der Waals surface area contributed by atoms with Gasteiger partial charge in [-0.2, -0.15) is 0 Å². The molecule has 0 aliphatic rings. The highest BCUT2D eigenvalue weighted by molar-refractivity contribution is 5.94. The van der Waals surface area contributed by atoms with E-state index in [0.717, 1.165) is 34.2 Å². The van der Waals surface area contributed by atoms with Crippen LogP contribution in [-0.4, -0.2) is 23.4 Å². The fraction of sp³-hybridized carbons (Fsp3) is 0.0667. The minimum absolute atomic E-state index is 0.565. The van der Waals surface area contributed by atoms with E-state index in [1.54, 1.807) is 19.4 Å². The van der Waals surface area contributed by atoms with E-state index in [1.165, 1.54) is 0 Å². The standard InChI is InChI=1S/C15H12N2O2/c1-19-12-4-2-11(3-5-12)13-8-16-14-6-10(9-18)7-17-15(13)14/h2-9,16H,1H3. The summed E-state index contributed by atoms with van der Waals surface area (Å²) in [7, 11) is 1.64. The number of carbonyl (C=O) groups is 1. The molecule has 0 spiro atoms. The van der Waals surface area contributed by atoms with Crippen LogP contribution in [-0.2, 0) is 0 Å². The van der Waals surface area contributed by atoms with E-state index < -0.39 is 0 Å². The van der Waals surface area contributed by atoms with E-state index >= 15 is 0 Å². The molecule has 0 unspecified atom stereocenters. The number of H-pyrrole nitrogens is 1. The molecule has 0 saturated heterocycles. The van der Waals surface area contributed by atoms with Gasteiger partial charge in [-0.3, -0.25) is 9.78 Å². The molecule has 1 N–H and O–H groups in total. The van der Waals surface area contributed by atoms with Crippen LogP contribution in [0, 0.1) is 0 Å². The zero-order valence-electron chi connectivity index (χ0n) is 10.4. The Morgan fingerprint density at radius 2 is 2.05 bits per heavy atom. The summed E-state index contributed by atoms with van der Waals surface area (Å²) >= 11 is 0.